The summed E-state index contributed by atoms with van der Waals surface area (Å²) in [5.41, 5.74) is 1.33. The SMILES string of the molecule is O=C1CCC(N2Cc3c(Br)cc(Cl)cc3C2=O)C(=O)N1. The molecule has 1 fully saturated rings. The summed E-state index contributed by atoms with van der Waals surface area (Å²) >= 11 is 9.33. The summed E-state index contributed by atoms with van der Waals surface area (Å²) in [6.45, 7) is 0.345. The molecule has 1 unspecified atom stereocenters. The van der Waals surface area contributed by atoms with Gasteiger partial charge in [-0.1, -0.05) is 27.5 Å². The van der Waals surface area contributed by atoms with E-state index < -0.39 is 11.9 Å². The molecule has 0 aromatic heterocycles. The van der Waals surface area contributed by atoms with Crippen LogP contribution in [0.5, 0.6) is 0 Å². The standard InChI is InChI=1S/C13H10BrClN2O3/c14-9-4-6(15)3-7-8(9)5-17(13(7)20)10-1-2-11(18)16-12(10)19/h3-4,10H,1-2,5H2,(H,16,18,19). The van der Waals surface area contributed by atoms with Crippen LogP contribution in [-0.2, 0) is 16.1 Å². The van der Waals surface area contributed by atoms with Crippen molar-refractivity contribution >= 4 is 45.3 Å². The predicted molar refractivity (Wildman–Crippen MR) is 75.2 cm³/mol. The lowest BCUT2D eigenvalue weighted by Gasteiger charge is -2.29. The fourth-order valence-electron chi connectivity index (χ4n) is 2.58. The zero-order chi connectivity index (χ0) is 14.4. The molecule has 3 amide bonds. The van der Waals surface area contributed by atoms with Gasteiger partial charge in [0.25, 0.3) is 5.91 Å². The summed E-state index contributed by atoms with van der Waals surface area (Å²) in [4.78, 5) is 37.0. The van der Waals surface area contributed by atoms with Crippen LogP contribution in [0.4, 0.5) is 0 Å². The third-order valence-electron chi connectivity index (χ3n) is 3.57. The third kappa shape index (κ3) is 2.13. The Morgan fingerprint density at radius 1 is 1.30 bits per heavy atom. The number of fused-ring (bicyclic) bond motifs is 1. The average Bonchev–Trinajstić information content (AvgIpc) is 2.68. The van der Waals surface area contributed by atoms with Gasteiger partial charge in [0.1, 0.15) is 6.04 Å². The van der Waals surface area contributed by atoms with E-state index in [-0.39, 0.29) is 18.2 Å². The Kier molecular flexibility index (Phi) is 3.30. The fourth-order valence-corrected chi connectivity index (χ4v) is 3.52. The van der Waals surface area contributed by atoms with Crippen LogP contribution < -0.4 is 5.32 Å². The van der Waals surface area contributed by atoms with E-state index in [4.69, 9.17) is 11.6 Å². The van der Waals surface area contributed by atoms with E-state index in [1.54, 1.807) is 12.1 Å². The minimum absolute atomic E-state index is 0.224. The van der Waals surface area contributed by atoms with Crippen molar-refractivity contribution < 1.29 is 14.4 Å². The molecule has 1 aromatic rings. The zero-order valence-electron chi connectivity index (χ0n) is 10.3. The number of nitrogens with one attached hydrogen (secondary N) is 1. The van der Waals surface area contributed by atoms with Crippen molar-refractivity contribution in [2.75, 3.05) is 0 Å². The van der Waals surface area contributed by atoms with Gasteiger partial charge in [-0.25, -0.2) is 0 Å². The molecule has 1 aromatic carbocycles. The molecule has 20 heavy (non-hydrogen) atoms. The number of rotatable bonds is 1. The summed E-state index contributed by atoms with van der Waals surface area (Å²) < 4.78 is 0.753. The van der Waals surface area contributed by atoms with Gasteiger partial charge in [0.15, 0.2) is 0 Å². The monoisotopic (exact) mass is 356 g/mol. The first-order valence-electron chi connectivity index (χ1n) is 6.10. The molecule has 1 saturated heterocycles. The first-order valence-corrected chi connectivity index (χ1v) is 7.27. The fraction of sp³-hybridized carbons (Fsp3) is 0.308. The number of carbonyl (C=O) groups is 3. The van der Waals surface area contributed by atoms with Crippen molar-refractivity contribution in [1.29, 1.82) is 0 Å². The van der Waals surface area contributed by atoms with E-state index in [9.17, 15) is 14.4 Å². The van der Waals surface area contributed by atoms with Gasteiger partial charge in [-0.05, 0) is 24.1 Å². The molecule has 2 heterocycles. The van der Waals surface area contributed by atoms with Gasteiger partial charge in [-0.15, -0.1) is 0 Å². The van der Waals surface area contributed by atoms with Crippen LogP contribution in [0.15, 0.2) is 16.6 Å². The Balaban J connectivity index is 1.92. The molecule has 2 aliphatic rings. The van der Waals surface area contributed by atoms with Crippen molar-refractivity contribution in [3.05, 3.63) is 32.8 Å². The Morgan fingerprint density at radius 2 is 2.05 bits per heavy atom. The quantitative estimate of drug-likeness (QED) is 0.780. The lowest BCUT2D eigenvalue weighted by Crippen LogP contribution is -2.52. The number of hydrogen-bond donors (Lipinski definition) is 1. The van der Waals surface area contributed by atoms with Gasteiger partial charge in [-0.3, -0.25) is 19.7 Å². The molecule has 1 N–H and O–H groups in total. The highest BCUT2D eigenvalue weighted by molar-refractivity contribution is 9.10. The summed E-state index contributed by atoms with van der Waals surface area (Å²) in [7, 11) is 0. The van der Waals surface area contributed by atoms with Crippen LogP contribution in [0.1, 0.15) is 28.8 Å². The van der Waals surface area contributed by atoms with Crippen LogP contribution in [-0.4, -0.2) is 28.7 Å². The van der Waals surface area contributed by atoms with Gasteiger partial charge in [0.2, 0.25) is 11.8 Å². The molecule has 5 nitrogen and oxygen atoms in total. The largest absolute Gasteiger partial charge is 0.322 e. The third-order valence-corrected chi connectivity index (χ3v) is 4.49. The Hall–Kier alpha value is -1.40. The number of amides is 3. The van der Waals surface area contributed by atoms with Gasteiger partial charge >= 0.3 is 0 Å². The Bertz CT molecular complexity index is 647. The molecular weight excluding hydrogens is 348 g/mol. The van der Waals surface area contributed by atoms with Gasteiger partial charge in [0.05, 0.1) is 0 Å². The molecule has 3 rings (SSSR count). The van der Waals surface area contributed by atoms with Crippen molar-refractivity contribution in [2.24, 2.45) is 0 Å². The first-order chi connectivity index (χ1) is 9.47. The van der Waals surface area contributed by atoms with Crippen LogP contribution in [0.25, 0.3) is 0 Å². The van der Waals surface area contributed by atoms with Crippen LogP contribution >= 0.6 is 27.5 Å². The number of benzene rings is 1. The summed E-state index contributed by atoms with van der Waals surface area (Å²) in [6.07, 6.45) is 0.605. The lowest BCUT2D eigenvalue weighted by atomic mass is 10.0. The maximum absolute atomic E-state index is 12.4. The van der Waals surface area contributed by atoms with Crippen LogP contribution in [0.2, 0.25) is 5.02 Å². The molecular formula is C13H10BrClN2O3. The van der Waals surface area contributed by atoms with Crippen LogP contribution in [0, 0.1) is 0 Å². The second-order valence-electron chi connectivity index (χ2n) is 4.81. The van der Waals surface area contributed by atoms with Crippen molar-refractivity contribution in [3.63, 3.8) is 0 Å². The van der Waals surface area contributed by atoms with E-state index in [1.807, 2.05) is 0 Å². The summed E-state index contributed by atoms with van der Waals surface area (Å²) in [5, 5.41) is 2.74. The normalized spacial score (nSPS) is 22.0. The molecule has 104 valence electrons. The van der Waals surface area contributed by atoms with Gasteiger partial charge < -0.3 is 4.90 Å². The molecule has 0 aliphatic carbocycles. The maximum Gasteiger partial charge on any atom is 0.255 e. The highest BCUT2D eigenvalue weighted by atomic mass is 79.9. The number of carbonyl (C=O) groups excluding carboxylic acids is 3. The predicted octanol–water partition coefficient (Wildman–Crippen LogP) is 1.86. The van der Waals surface area contributed by atoms with E-state index in [2.05, 4.69) is 21.2 Å². The Labute approximate surface area is 128 Å². The minimum Gasteiger partial charge on any atom is -0.322 e. The second kappa shape index (κ2) is 4.86. The zero-order valence-corrected chi connectivity index (χ0v) is 12.6. The molecule has 0 radical (unpaired) electrons. The van der Waals surface area contributed by atoms with Gasteiger partial charge in [0, 0.05) is 28.0 Å². The summed E-state index contributed by atoms with van der Waals surface area (Å²) in [5.74, 6) is -0.929. The number of hydrogen-bond acceptors (Lipinski definition) is 3. The lowest BCUT2D eigenvalue weighted by molar-refractivity contribution is -0.136. The molecule has 0 saturated carbocycles. The van der Waals surface area contributed by atoms with E-state index in [0.29, 0.717) is 23.6 Å². The molecule has 0 spiro atoms. The summed E-state index contributed by atoms with van der Waals surface area (Å²) in [6, 6.07) is 2.73. The van der Waals surface area contributed by atoms with E-state index in [1.165, 1.54) is 4.90 Å². The number of imide groups is 1. The molecule has 0 bridgehead atoms. The average molecular weight is 358 g/mol. The topological polar surface area (TPSA) is 66.5 Å². The smallest absolute Gasteiger partial charge is 0.255 e. The highest BCUT2D eigenvalue weighted by Crippen LogP contribution is 2.34. The minimum atomic E-state index is -0.599. The number of halogens is 2. The first kappa shape index (κ1) is 13.6. The molecule has 2 aliphatic heterocycles. The molecule has 7 heteroatoms. The van der Waals surface area contributed by atoms with Gasteiger partial charge in [-0.2, -0.15) is 0 Å². The Morgan fingerprint density at radius 3 is 2.75 bits per heavy atom. The molecule has 1 atom stereocenters. The van der Waals surface area contributed by atoms with E-state index in [0.717, 1.165) is 10.0 Å². The van der Waals surface area contributed by atoms with Crippen molar-refractivity contribution in [1.82, 2.24) is 10.2 Å². The number of piperidine rings is 1. The van der Waals surface area contributed by atoms with Crippen molar-refractivity contribution in [2.45, 2.75) is 25.4 Å². The highest BCUT2D eigenvalue weighted by Gasteiger charge is 2.39. The maximum atomic E-state index is 12.4. The van der Waals surface area contributed by atoms with E-state index >= 15 is 0 Å². The van der Waals surface area contributed by atoms with Crippen molar-refractivity contribution in [3.8, 4) is 0 Å². The second-order valence-corrected chi connectivity index (χ2v) is 6.10. The van der Waals surface area contributed by atoms with Crippen LogP contribution in [0.3, 0.4) is 0 Å². The number of nitrogens with zero attached hydrogens (tertiary/aromatic N) is 1.